The Morgan fingerprint density at radius 3 is 1.59 bits per heavy atom. The first-order valence-electron chi connectivity index (χ1n) is 10.5. The van der Waals surface area contributed by atoms with E-state index in [1.54, 1.807) is 7.11 Å². The van der Waals surface area contributed by atoms with Crippen molar-refractivity contribution in [2.45, 2.75) is 12.8 Å². The van der Waals surface area contributed by atoms with Crippen molar-refractivity contribution >= 4 is 5.97 Å². The maximum atomic E-state index is 12.0. The Hall–Kier alpha value is -1.03. The number of allylic oxidation sites excluding steroid dienone is 2. The largest absolute Gasteiger partial charge is 0.463 e. The average Bonchev–Trinajstić information content (AvgIpc) is 3.36. The third-order valence-corrected chi connectivity index (χ3v) is 4.97. The molecule has 0 saturated heterocycles. The molecular formula is C21H36O8. The van der Waals surface area contributed by atoms with Crippen molar-refractivity contribution in [2.24, 2.45) is 17.8 Å². The van der Waals surface area contributed by atoms with Crippen LogP contribution in [0.3, 0.4) is 0 Å². The first-order chi connectivity index (χ1) is 14.3. The van der Waals surface area contributed by atoms with Crippen LogP contribution in [0.15, 0.2) is 12.2 Å². The Kier molecular flexibility index (Phi) is 13.2. The van der Waals surface area contributed by atoms with Crippen molar-refractivity contribution in [1.29, 1.82) is 0 Å². The van der Waals surface area contributed by atoms with Gasteiger partial charge in [0.25, 0.3) is 0 Å². The molecule has 3 atom stereocenters. The van der Waals surface area contributed by atoms with Crippen LogP contribution < -0.4 is 0 Å². The molecule has 2 bridgehead atoms. The Bertz CT molecular complexity index is 456. The predicted octanol–water partition coefficient (Wildman–Crippen LogP) is 1.47. The van der Waals surface area contributed by atoms with Crippen molar-refractivity contribution in [3.63, 3.8) is 0 Å². The van der Waals surface area contributed by atoms with Gasteiger partial charge in [0.1, 0.15) is 6.61 Å². The molecule has 0 spiro atoms. The lowest BCUT2D eigenvalue weighted by Crippen LogP contribution is -2.23. The lowest BCUT2D eigenvalue weighted by atomic mass is 9.94. The van der Waals surface area contributed by atoms with Crippen LogP contribution in [0.2, 0.25) is 0 Å². The SMILES string of the molecule is COCCOCCOCCOCCOCCOCCOC(=O)C1CC2C=CC1C2. The summed E-state index contributed by atoms with van der Waals surface area (Å²) in [6.45, 7) is 6.05. The molecule has 2 rings (SSSR count). The number of carbonyl (C=O) groups excluding carboxylic acids is 1. The molecule has 8 nitrogen and oxygen atoms in total. The summed E-state index contributed by atoms with van der Waals surface area (Å²) in [5, 5.41) is 0. The molecule has 2 aliphatic rings. The summed E-state index contributed by atoms with van der Waals surface area (Å²) < 4.78 is 37.1. The zero-order valence-corrected chi connectivity index (χ0v) is 17.6. The number of ether oxygens (including phenoxy) is 7. The summed E-state index contributed by atoms with van der Waals surface area (Å²) in [5.74, 6) is 0.929. The molecular weight excluding hydrogens is 380 g/mol. The van der Waals surface area contributed by atoms with Gasteiger partial charge in [-0.05, 0) is 24.7 Å². The molecule has 0 N–H and O–H groups in total. The van der Waals surface area contributed by atoms with Gasteiger partial charge in [-0.15, -0.1) is 0 Å². The van der Waals surface area contributed by atoms with E-state index < -0.39 is 0 Å². The number of hydrogen-bond donors (Lipinski definition) is 0. The Balaban J connectivity index is 1.24. The summed E-state index contributed by atoms with van der Waals surface area (Å²) in [5.41, 5.74) is 0. The number of methoxy groups -OCH3 is 1. The highest BCUT2D eigenvalue weighted by atomic mass is 16.6. The number of hydrogen-bond acceptors (Lipinski definition) is 8. The molecule has 0 amide bonds. The summed E-state index contributed by atoms with van der Waals surface area (Å²) in [7, 11) is 1.64. The summed E-state index contributed by atoms with van der Waals surface area (Å²) >= 11 is 0. The second-order valence-corrected chi connectivity index (χ2v) is 7.11. The monoisotopic (exact) mass is 416 g/mol. The Labute approximate surface area is 173 Å². The quantitative estimate of drug-likeness (QED) is 0.178. The third kappa shape index (κ3) is 10.5. The molecule has 0 aromatic heterocycles. The van der Waals surface area contributed by atoms with Crippen molar-refractivity contribution in [3.05, 3.63) is 12.2 Å². The van der Waals surface area contributed by atoms with E-state index in [1.807, 2.05) is 0 Å². The lowest BCUT2D eigenvalue weighted by molar-refractivity contribution is -0.151. The normalized spacial score (nSPS) is 22.4. The smallest absolute Gasteiger partial charge is 0.309 e. The van der Waals surface area contributed by atoms with Gasteiger partial charge >= 0.3 is 5.97 Å². The zero-order valence-electron chi connectivity index (χ0n) is 17.6. The number of rotatable bonds is 19. The Morgan fingerprint density at radius 2 is 1.17 bits per heavy atom. The van der Waals surface area contributed by atoms with Crippen LogP contribution in [0.25, 0.3) is 0 Å². The van der Waals surface area contributed by atoms with Crippen molar-refractivity contribution in [1.82, 2.24) is 0 Å². The topological polar surface area (TPSA) is 81.7 Å². The Morgan fingerprint density at radius 1 is 0.690 bits per heavy atom. The number of esters is 1. The van der Waals surface area contributed by atoms with E-state index in [0.717, 1.165) is 12.8 Å². The van der Waals surface area contributed by atoms with Gasteiger partial charge in [-0.25, -0.2) is 0 Å². The van der Waals surface area contributed by atoms with Crippen LogP contribution in [0.4, 0.5) is 0 Å². The molecule has 0 heterocycles. The summed E-state index contributed by atoms with van der Waals surface area (Å²) in [6.07, 6.45) is 6.42. The summed E-state index contributed by atoms with van der Waals surface area (Å²) in [6, 6.07) is 0. The van der Waals surface area contributed by atoms with Gasteiger partial charge in [0, 0.05) is 7.11 Å². The maximum absolute atomic E-state index is 12.0. The van der Waals surface area contributed by atoms with Crippen molar-refractivity contribution in [2.75, 3.05) is 86.4 Å². The molecule has 168 valence electrons. The maximum Gasteiger partial charge on any atom is 0.309 e. The van der Waals surface area contributed by atoms with Crippen LogP contribution in [0, 0.1) is 17.8 Å². The first-order valence-corrected chi connectivity index (χ1v) is 10.5. The fraction of sp³-hybridized carbons (Fsp3) is 0.857. The molecule has 1 saturated carbocycles. The predicted molar refractivity (Wildman–Crippen MR) is 106 cm³/mol. The van der Waals surface area contributed by atoms with E-state index in [2.05, 4.69) is 12.2 Å². The standard InChI is InChI=1S/C21H36O8/c1-23-4-5-24-6-7-25-8-9-26-10-11-27-12-13-28-14-15-29-21(22)20-17-18-2-3-19(20)16-18/h2-3,18-20H,4-17H2,1H3. The molecule has 0 radical (unpaired) electrons. The fourth-order valence-corrected chi connectivity index (χ4v) is 3.48. The summed E-state index contributed by atoms with van der Waals surface area (Å²) in [4.78, 5) is 12.0. The van der Waals surface area contributed by atoms with Gasteiger partial charge in [-0.3, -0.25) is 4.79 Å². The molecule has 0 aromatic carbocycles. The third-order valence-electron chi connectivity index (χ3n) is 4.97. The minimum absolute atomic E-state index is 0.0490. The van der Waals surface area contributed by atoms with E-state index in [9.17, 15) is 4.79 Å². The average molecular weight is 417 g/mol. The molecule has 29 heavy (non-hydrogen) atoms. The highest BCUT2D eigenvalue weighted by Gasteiger charge is 2.40. The van der Waals surface area contributed by atoms with E-state index in [4.69, 9.17) is 33.2 Å². The second-order valence-electron chi connectivity index (χ2n) is 7.11. The van der Waals surface area contributed by atoms with Crippen molar-refractivity contribution in [3.8, 4) is 0 Å². The van der Waals surface area contributed by atoms with Gasteiger partial charge in [0.2, 0.25) is 0 Å². The molecule has 1 fully saturated rings. The van der Waals surface area contributed by atoms with Gasteiger partial charge in [0.15, 0.2) is 0 Å². The fourth-order valence-electron chi connectivity index (χ4n) is 3.48. The first kappa shape index (κ1) is 24.2. The molecule has 3 unspecified atom stereocenters. The molecule has 8 heteroatoms. The van der Waals surface area contributed by atoms with E-state index in [-0.39, 0.29) is 11.9 Å². The zero-order chi connectivity index (χ0) is 20.6. The minimum Gasteiger partial charge on any atom is -0.463 e. The van der Waals surface area contributed by atoms with Crippen molar-refractivity contribution < 1.29 is 38.0 Å². The minimum atomic E-state index is -0.0820. The number of fused-ring (bicyclic) bond motifs is 2. The van der Waals surface area contributed by atoms with Crippen LogP contribution in [-0.2, 0) is 38.0 Å². The molecule has 0 aliphatic heterocycles. The van der Waals surface area contributed by atoms with Crippen LogP contribution >= 0.6 is 0 Å². The highest BCUT2D eigenvalue weighted by molar-refractivity contribution is 5.74. The molecule has 0 aromatic rings. The highest BCUT2D eigenvalue weighted by Crippen LogP contribution is 2.43. The van der Waals surface area contributed by atoms with Crippen LogP contribution in [0.5, 0.6) is 0 Å². The number of carbonyl (C=O) groups is 1. The molecule has 2 aliphatic carbocycles. The van der Waals surface area contributed by atoms with E-state index in [1.165, 1.54) is 0 Å². The van der Waals surface area contributed by atoms with E-state index in [0.29, 0.717) is 91.1 Å². The van der Waals surface area contributed by atoms with Gasteiger partial charge < -0.3 is 33.2 Å². The second kappa shape index (κ2) is 15.8. The van der Waals surface area contributed by atoms with Gasteiger partial charge in [-0.1, -0.05) is 12.2 Å². The van der Waals surface area contributed by atoms with Gasteiger partial charge in [-0.2, -0.15) is 0 Å². The van der Waals surface area contributed by atoms with Crippen LogP contribution in [-0.4, -0.2) is 92.4 Å². The van der Waals surface area contributed by atoms with Gasteiger partial charge in [0.05, 0.1) is 78.6 Å². The van der Waals surface area contributed by atoms with E-state index >= 15 is 0 Å². The lowest BCUT2D eigenvalue weighted by Gasteiger charge is -2.16. The van der Waals surface area contributed by atoms with Crippen LogP contribution in [0.1, 0.15) is 12.8 Å².